The number of carbonyl (C=O) groups is 1. The maximum absolute atomic E-state index is 11.9. The summed E-state index contributed by atoms with van der Waals surface area (Å²) in [5.74, 6) is 0.773. The third-order valence-corrected chi connectivity index (χ3v) is 2.66. The average molecular weight is 236 g/mol. The molecule has 1 aromatic rings. The molecule has 0 radical (unpaired) electrons. The molecule has 0 aliphatic carbocycles. The smallest absolute Gasteiger partial charge is 0.244 e. The highest BCUT2D eigenvalue weighted by Crippen LogP contribution is 2.13. The Labute approximate surface area is 102 Å². The Bertz CT molecular complexity index is 384. The van der Waals surface area contributed by atoms with Gasteiger partial charge < -0.3 is 15.5 Å². The monoisotopic (exact) mass is 236 g/mol. The Kier molecular flexibility index (Phi) is 4.07. The van der Waals surface area contributed by atoms with Gasteiger partial charge in [0.15, 0.2) is 0 Å². The first kappa shape index (κ1) is 13.4. The van der Waals surface area contributed by atoms with Crippen LogP contribution in [0.3, 0.4) is 0 Å². The van der Waals surface area contributed by atoms with E-state index in [0.29, 0.717) is 5.69 Å². The second-order valence-corrected chi connectivity index (χ2v) is 4.63. The standard InChI is InChI=1S/C12H20N4O/c1-12(2,13-3)11(17)15-9-6-7-10(14-8-9)16(4)5/h6-8,13H,1-5H3,(H,15,17). The molecule has 0 aliphatic rings. The second-order valence-electron chi connectivity index (χ2n) is 4.63. The molecule has 0 aromatic carbocycles. The summed E-state index contributed by atoms with van der Waals surface area (Å²) in [6.45, 7) is 3.65. The van der Waals surface area contributed by atoms with Gasteiger partial charge >= 0.3 is 0 Å². The molecule has 1 heterocycles. The summed E-state index contributed by atoms with van der Waals surface area (Å²) in [5.41, 5.74) is 0.101. The second kappa shape index (κ2) is 5.14. The Morgan fingerprint density at radius 2 is 2.00 bits per heavy atom. The van der Waals surface area contributed by atoms with Gasteiger partial charge in [-0.2, -0.15) is 0 Å². The van der Waals surface area contributed by atoms with Crippen molar-refractivity contribution in [1.29, 1.82) is 0 Å². The van der Waals surface area contributed by atoms with Crippen LogP contribution in [0.5, 0.6) is 0 Å². The molecule has 0 saturated heterocycles. The van der Waals surface area contributed by atoms with Gasteiger partial charge in [0.1, 0.15) is 5.82 Å². The highest BCUT2D eigenvalue weighted by atomic mass is 16.2. The van der Waals surface area contributed by atoms with E-state index in [-0.39, 0.29) is 5.91 Å². The van der Waals surface area contributed by atoms with Crippen molar-refractivity contribution in [3.63, 3.8) is 0 Å². The molecule has 1 aromatic heterocycles. The van der Waals surface area contributed by atoms with Gasteiger partial charge in [-0.05, 0) is 33.0 Å². The molecule has 5 nitrogen and oxygen atoms in total. The summed E-state index contributed by atoms with van der Waals surface area (Å²) >= 11 is 0. The average Bonchev–Trinajstić information content (AvgIpc) is 2.29. The number of nitrogens with one attached hydrogen (secondary N) is 2. The van der Waals surface area contributed by atoms with Gasteiger partial charge in [-0.3, -0.25) is 4.79 Å². The summed E-state index contributed by atoms with van der Waals surface area (Å²) in [6.07, 6.45) is 1.65. The lowest BCUT2D eigenvalue weighted by atomic mass is 10.1. The van der Waals surface area contributed by atoms with Crippen molar-refractivity contribution in [3.8, 4) is 0 Å². The number of nitrogens with zero attached hydrogens (tertiary/aromatic N) is 2. The number of carbonyl (C=O) groups excluding carboxylic acids is 1. The van der Waals surface area contributed by atoms with Gasteiger partial charge in [0.2, 0.25) is 5.91 Å². The lowest BCUT2D eigenvalue weighted by Gasteiger charge is -2.22. The molecule has 5 heteroatoms. The van der Waals surface area contributed by atoms with Crippen LogP contribution in [-0.2, 0) is 4.79 Å². The van der Waals surface area contributed by atoms with Crippen molar-refractivity contribution in [2.45, 2.75) is 19.4 Å². The van der Waals surface area contributed by atoms with Crippen LogP contribution >= 0.6 is 0 Å². The van der Waals surface area contributed by atoms with Gasteiger partial charge in [0, 0.05) is 14.1 Å². The zero-order valence-corrected chi connectivity index (χ0v) is 11.0. The minimum atomic E-state index is -0.597. The summed E-state index contributed by atoms with van der Waals surface area (Å²) in [7, 11) is 5.60. The fourth-order valence-electron chi connectivity index (χ4n) is 1.13. The van der Waals surface area contributed by atoms with Crippen molar-refractivity contribution in [3.05, 3.63) is 18.3 Å². The Morgan fingerprint density at radius 3 is 2.41 bits per heavy atom. The first-order chi connectivity index (χ1) is 7.86. The highest BCUT2D eigenvalue weighted by Gasteiger charge is 2.25. The molecule has 94 valence electrons. The van der Waals surface area contributed by atoms with Crippen LogP contribution in [0.2, 0.25) is 0 Å². The van der Waals surface area contributed by atoms with Crippen LogP contribution in [-0.4, -0.2) is 37.6 Å². The molecule has 17 heavy (non-hydrogen) atoms. The molecule has 0 unspecified atom stereocenters. The minimum Gasteiger partial charge on any atom is -0.363 e. The lowest BCUT2D eigenvalue weighted by Crippen LogP contribution is -2.47. The molecule has 0 atom stereocenters. The van der Waals surface area contributed by atoms with E-state index in [4.69, 9.17) is 0 Å². The number of hydrogen-bond acceptors (Lipinski definition) is 4. The fourth-order valence-corrected chi connectivity index (χ4v) is 1.13. The van der Waals surface area contributed by atoms with E-state index < -0.39 is 5.54 Å². The topological polar surface area (TPSA) is 57.3 Å². The Balaban J connectivity index is 2.73. The van der Waals surface area contributed by atoms with E-state index in [0.717, 1.165) is 5.82 Å². The van der Waals surface area contributed by atoms with Crippen LogP contribution in [0.1, 0.15) is 13.8 Å². The fraction of sp³-hybridized carbons (Fsp3) is 0.500. The van der Waals surface area contributed by atoms with E-state index in [1.807, 2.05) is 45.0 Å². The van der Waals surface area contributed by atoms with E-state index in [2.05, 4.69) is 15.6 Å². The number of hydrogen-bond donors (Lipinski definition) is 2. The molecule has 0 fully saturated rings. The molecular weight excluding hydrogens is 216 g/mol. The van der Waals surface area contributed by atoms with Gasteiger partial charge in [-0.15, -0.1) is 0 Å². The summed E-state index contributed by atoms with van der Waals surface area (Å²) in [4.78, 5) is 18.0. The first-order valence-corrected chi connectivity index (χ1v) is 5.50. The molecular formula is C12H20N4O. The molecule has 1 rings (SSSR count). The largest absolute Gasteiger partial charge is 0.363 e. The van der Waals surface area contributed by atoms with Crippen molar-refractivity contribution in [1.82, 2.24) is 10.3 Å². The Hall–Kier alpha value is -1.62. The first-order valence-electron chi connectivity index (χ1n) is 5.50. The number of amides is 1. The van der Waals surface area contributed by atoms with Crippen LogP contribution in [0.4, 0.5) is 11.5 Å². The summed E-state index contributed by atoms with van der Waals surface area (Å²) in [6, 6.07) is 3.70. The SMILES string of the molecule is CNC(C)(C)C(=O)Nc1ccc(N(C)C)nc1. The van der Waals surface area contributed by atoms with Crippen molar-refractivity contribution in [2.75, 3.05) is 31.4 Å². The quantitative estimate of drug-likeness (QED) is 0.821. The number of likely N-dealkylation sites (N-methyl/N-ethyl adjacent to an activating group) is 1. The van der Waals surface area contributed by atoms with Gasteiger partial charge in [-0.1, -0.05) is 0 Å². The number of aromatic nitrogens is 1. The molecule has 1 amide bonds. The third kappa shape index (κ3) is 3.42. The minimum absolute atomic E-state index is 0.0839. The van der Waals surface area contributed by atoms with E-state index in [1.54, 1.807) is 13.2 Å². The summed E-state index contributed by atoms with van der Waals surface area (Å²) < 4.78 is 0. The molecule has 2 N–H and O–H groups in total. The number of anilines is 2. The third-order valence-electron chi connectivity index (χ3n) is 2.66. The highest BCUT2D eigenvalue weighted by molar-refractivity contribution is 5.97. The van der Waals surface area contributed by atoms with E-state index in [9.17, 15) is 4.79 Å². The van der Waals surface area contributed by atoms with Crippen LogP contribution in [0.25, 0.3) is 0 Å². The Morgan fingerprint density at radius 1 is 1.35 bits per heavy atom. The predicted octanol–water partition coefficient (Wildman–Crippen LogP) is 1.08. The van der Waals surface area contributed by atoms with Gasteiger partial charge in [0.25, 0.3) is 0 Å². The van der Waals surface area contributed by atoms with E-state index in [1.165, 1.54) is 0 Å². The van der Waals surface area contributed by atoms with Crippen LogP contribution in [0, 0.1) is 0 Å². The van der Waals surface area contributed by atoms with Gasteiger partial charge in [0.05, 0.1) is 17.4 Å². The number of rotatable bonds is 4. The molecule has 0 aliphatic heterocycles. The van der Waals surface area contributed by atoms with Crippen molar-refractivity contribution < 1.29 is 4.79 Å². The van der Waals surface area contributed by atoms with Gasteiger partial charge in [-0.25, -0.2) is 4.98 Å². The molecule has 0 spiro atoms. The molecule has 0 bridgehead atoms. The maximum Gasteiger partial charge on any atom is 0.244 e. The van der Waals surface area contributed by atoms with E-state index >= 15 is 0 Å². The maximum atomic E-state index is 11.9. The van der Waals surface area contributed by atoms with Crippen molar-refractivity contribution in [2.24, 2.45) is 0 Å². The van der Waals surface area contributed by atoms with Crippen LogP contribution in [0.15, 0.2) is 18.3 Å². The summed E-state index contributed by atoms with van der Waals surface area (Å²) in [5, 5.41) is 5.77. The van der Waals surface area contributed by atoms with Crippen molar-refractivity contribution >= 4 is 17.4 Å². The zero-order chi connectivity index (χ0) is 13.1. The number of pyridine rings is 1. The normalized spacial score (nSPS) is 11.1. The lowest BCUT2D eigenvalue weighted by molar-refractivity contribution is -0.121. The zero-order valence-electron chi connectivity index (χ0n) is 11.0. The molecule has 0 saturated carbocycles. The predicted molar refractivity (Wildman–Crippen MR) is 70.3 cm³/mol. The van der Waals surface area contributed by atoms with Crippen LogP contribution < -0.4 is 15.5 Å².